The molecule has 0 N–H and O–H groups in total. The SMILES string of the molecule is CC(C)(C)[Si](C)(C)OCc1cccc(-c2cccnc2)c1. The van der Waals surface area contributed by atoms with Crippen LogP contribution in [0.1, 0.15) is 26.3 Å². The smallest absolute Gasteiger partial charge is 0.192 e. The Labute approximate surface area is 129 Å². The standard InChI is InChI=1S/C18H25NOSi/c1-18(2,3)21(4,5)20-14-15-8-6-9-16(12-15)17-10-7-11-19-13-17/h6-13H,14H2,1-5H3. The van der Waals surface area contributed by atoms with Crippen LogP contribution in [0.5, 0.6) is 0 Å². The summed E-state index contributed by atoms with van der Waals surface area (Å²) in [5.74, 6) is 0. The van der Waals surface area contributed by atoms with Crippen molar-refractivity contribution in [2.45, 2.75) is 45.5 Å². The first kappa shape index (κ1) is 15.9. The van der Waals surface area contributed by atoms with Crippen molar-refractivity contribution in [3.05, 3.63) is 54.4 Å². The molecule has 0 aliphatic rings. The van der Waals surface area contributed by atoms with Gasteiger partial charge in [0.15, 0.2) is 8.32 Å². The molecule has 2 rings (SSSR count). The van der Waals surface area contributed by atoms with Gasteiger partial charge in [-0.15, -0.1) is 0 Å². The molecule has 21 heavy (non-hydrogen) atoms. The van der Waals surface area contributed by atoms with E-state index in [0.29, 0.717) is 6.61 Å². The van der Waals surface area contributed by atoms with Gasteiger partial charge in [-0.05, 0) is 47.0 Å². The summed E-state index contributed by atoms with van der Waals surface area (Å²) in [4.78, 5) is 4.18. The molecule has 2 nitrogen and oxygen atoms in total. The van der Waals surface area contributed by atoms with Crippen LogP contribution in [-0.4, -0.2) is 13.3 Å². The molecule has 2 aromatic rings. The highest BCUT2D eigenvalue weighted by atomic mass is 28.4. The van der Waals surface area contributed by atoms with Crippen molar-refractivity contribution in [1.29, 1.82) is 0 Å². The van der Waals surface area contributed by atoms with Crippen molar-refractivity contribution >= 4 is 8.32 Å². The molecule has 3 heteroatoms. The first-order valence-electron chi connectivity index (χ1n) is 7.43. The van der Waals surface area contributed by atoms with E-state index in [1.54, 1.807) is 6.20 Å². The Hall–Kier alpha value is -1.45. The fourth-order valence-electron chi connectivity index (χ4n) is 1.85. The van der Waals surface area contributed by atoms with Crippen molar-refractivity contribution in [2.75, 3.05) is 0 Å². The summed E-state index contributed by atoms with van der Waals surface area (Å²) in [5.41, 5.74) is 3.56. The third kappa shape index (κ3) is 4.02. The van der Waals surface area contributed by atoms with E-state index in [-0.39, 0.29) is 5.04 Å². The van der Waals surface area contributed by atoms with Crippen LogP contribution in [0.25, 0.3) is 11.1 Å². The topological polar surface area (TPSA) is 22.1 Å². The average molecular weight is 299 g/mol. The zero-order valence-electron chi connectivity index (χ0n) is 13.7. The van der Waals surface area contributed by atoms with Crippen LogP contribution >= 0.6 is 0 Å². The van der Waals surface area contributed by atoms with E-state index in [2.05, 4.69) is 69.2 Å². The van der Waals surface area contributed by atoms with Gasteiger partial charge in [0.2, 0.25) is 0 Å². The number of nitrogens with zero attached hydrogens (tertiary/aromatic N) is 1. The van der Waals surface area contributed by atoms with Crippen LogP contribution in [0, 0.1) is 0 Å². The van der Waals surface area contributed by atoms with Crippen molar-refractivity contribution < 1.29 is 4.43 Å². The van der Waals surface area contributed by atoms with Gasteiger partial charge in [-0.2, -0.15) is 0 Å². The van der Waals surface area contributed by atoms with E-state index < -0.39 is 8.32 Å². The van der Waals surface area contributed by atoms with Crippen molar-refractivity contribution in [3.63, 3.8) is 0 Å². The minimum Gasteiger partial charge on any atom is -0.413 e. The molecule has 0 fully saturated rings. The van der Waals surface area contributed by atoms with Gasteiger partial charge < -0.3 is 4.43 Å². The Morgan fingerprint density at radius 2 is 1.76 bits per heavy atom. The Morgan fingerprint density at radius 3 is 2.38 bits per heavy atom. The normalized spacial score (nSPS) is 12.4. The number of aromatic nitrogens is 1. The van der Waals surface area contributed by atoms with Crippen LogP contribution in [0.4, 0.5) is 0 Å². The summed E-state index contributed by atoms with van der Waals surface area (Å²) < 4.78 is 6.29. The molecule has 0 radical (unpaired) electrons. The van der Waals surface area contributed by atoms with E-state index in [9.17, 15) is 0 Å². The van der Waals surface area contributed by atoms with Gasteiger partial charge >= 0.3 is 0 Å². The van der Waals surface area contributed by atoms with Crippen LogP contribution in [0.15, 0.2) is 48.8 Å². The Morgan fingerprint density at radius 1 is 1.05 bits per heavy atom. The fourth-order valence-corrected chi connectivity index (χ4v) is 2.81. The molecule has 0 saturated heterocycles. The highest BCUT2D eigenvalue weighted by molar-refractivity contribution is 6.74. The molecule has 1 aromatic carbocycles. The molecule has 0 bridgehead atoms. The fraction of sp³-hybridized carbons (Fsp3) is 0.389. The van der Waals surface area contributed by atoms with Crippen LogP contribution < -0.4 is 0 Å². The maximum atomic E-state index is 6.29. The van der Waals surface area contributed by atoms with Crippen molar-refractivity contribution in [3.8, 4) is 11.1 Å². The van der Waals surface area contributed by atoms with E-state index in [4.69, 9.17) is 4.43 Å². The van der Waals surface area contributed by atoms with Gasteiger partial charge in [0.1, 0.15) is 0 Å². The van der Waals surface area contributed by atoms with Gasteiger partial charge in [0, 0.05) is 12.4 Å². The van der Waals surface area contributed by atoms with Crippen LogP contribution in [0.3, 0.4) is 0 Å². The minimum absolute atomic E-state index is 0.244. The first-order chi connectivity index (χ1) is 9.79. The number of pyridine rings is 1. The predicted molar refractivity (Wildman–Crippen MR) is 91.7 cm³/mol. The van der Waals surface area contributed by atoms with Crippen LogP contribution in [-0.2, 0) is 11.0 Å². The quantitative estimate of drug-likeness (QED) is 0.717. The summed E-state index contributed by atoms with van der Waals surface area (Å²) in [6, 6.07) is 12.6. The first-order valence-corrected chi connectivity index (χ1v) is 10.3. The van der Waals surface area contributed by atoms with Gasteiger partial charge in [0.05, 0.1) is 6.61 Å². The third-order valence-corrected chi connectivity index (χ3v) is 8.81. The number of benzene rings is 1. The second kappa shape index (κ2) is 6.12. The summed E-state index contributed by atoms with van der Waals surface area (Å²) in [5, 5.41) is 0.244. The lowest BCUT2D eigenvalue weighted by molar-refractivity contribution is 0.276. The minimum atomic E-state index is -1.70. The van der Waals surface area contributed by atoms with E-state index in [0.717, 1.165) is 5.56 Å². The lowest BCUT2D eigenvalue weighted by Gasteiger charge is -2.36. The zero-order chi connectivity index (χ0) is 15.5. The molecular formula is C18H25NOSi. The van der Waals surface area contributed by atoms with Crippen molar-refractivity contribution in [2.24, 2.45) is 0 Å². The highest BCUT2D eigenvalue weighted by Crippen LogP contribution is 2.37. The second-order valence-corrected chi connectivity index (χ2v) is 11.8. The Bertz CT molecular complexity index is 588. The van der Waals surface area contributed by atoms with Gasteiger partial charge in [-0.25, -0.2) is 0 Å². The lowest BCUT2D eigenvalue weighted by atomic mass is 10.1. The molecule has 0 aliphatic heterocycles. The molecular weight excluding hydrogens is 274 g/mol. The predicted octanol–water partition coefficient (Wildman–Crippen LogP) is 5.27. The summed E-state index contributed by atoms with van der Waals surface area (Å²) in [6.07, 6.45) is 3.70. The third-order valence-electron chi connectivity index (χ3n) is 4.33. The number of hydrogen-bond donors (Lipinski definition) is 0. The molecule has 0 amide bonds. The zero-order valence-corrected chi connectivity index (χ0v) is 14.7. The van der Waals surface area contributed by atoms with Gasteiger partial charge in [-0.3, -0.25) is 4.98 Å². The van der Waals surface area contributed by atoms with E-state index in [1.807, 2.05) is 12.3 Å². The molecule has 0 spiro atoms. The maximum Gasteiger partial charge on any atom is 0.192 e. The monoisotopic (exact) mass is 299 g/mol. The van der Waals surface area contributed by atoms with Crippen molar-refractivity contribution in [1.82, 2.24) is 4.98 Å². The average Bonchev–Trinajstić information content (AvgIpc) is 2.45. The molecule has 1 aromatic heterocycles. The second-order valence-electron chi connectivity index (χ2n) is 6.99. The van der Waals surface area contributed by atoms with E-state index >= 15 is 0 Å². The summed E-state index contributed by atoms with van der Waals surface area (Å²) >= 11 is 0. The lowest BCUT2D eigenvalue weighted by Crippen LogP contribution is -2.40. The van der Waals surface area contributed by atoms with E-state index in [1.165, 1.54) is 11.1 Å². The highest BCUT2D eigenvalue weighted by Gasteiger charge is 2.36. The molecule has 0 atom stereocenters. The largest absolute Gasteiger partial charge is 0.413 e. The molecule has 0 aliphatic carbocycles. The van der Waals surface area contributed by atoms with Gasteiger partial charge in [0.25, 0.3) is 0 Å². The number of rotatable bonds is 4. The summed E-state index contributed by atoms with van der Waals surface area (Å²) in [7, 11) is -1.70. The van der Waals surface area contributed by atoms with Crippen LogP contribution in [0.2, 0.25) is 18.1 Å². The van der Waals surface area contributed by atoms with Gasteiger partial charge in [-0.1, -0.05) is 45.0 Å². The molecule has 0 unspecified atom stereocenters. The Kier molecular flexibility index (Phi) is 4.64. The summed E-state index contributed by atoms with van der Waals surface area (Å²) in [6.45, 7) is 12.1. The molecule has 1 heterocycles. The Balaban J connectivity index is 2.13. The maximum absolute atomic E-state index is 6.29. The molecule has 112 valence electrons. The molecule has 0 saturated carbocycles. The number of hydrogen-bond acceptors (Lipinski definition) is 2.